The number of nitrogens with one attached hydrogen (secondary N) is 1. The summed E-state index contributed by atoms with van der Waals surface area (Å²) in [6.07, 6.45) is 0. The number of halogens is 3. The van der Waals surface area contributed by atoms with Gasteiger partial charge < -0.3 is 40.3 Å². The minimum absolute atomic E-state index is 0.00432. The Labute approximate surface area is 373 Å². The van der Waals surface area contributed by atoms with Gasteiger partial charge in [-0.2, -0.15) is 9.50 Å². The molecule has 23 nitrogen and oxygen atoms in total. The molecular formula is C33H22Cl3N9O14S3. The van der Waals surface area contributed by atoms with Gasteiger partial charge in [0.05, 0.1) is 16.1 Å². The lowest BCUT2D eigenvalue weighted by Crippen LogP contribution is -2.71. The molecule has 2 aliphatic heterocycles. The molecule has 2 amide bonds. The summed E-state index contributed by atoms with van der Waals surface area (Å²) < 4.78 is 16.3. The second kappa shape index (κ2) is 18.7. The van der Waals surface area contributed by atoms with Crippen molar-refractivity contribution in [2.24, 2.45) is 5.16 Å². The Morgan fingerprint density at radius 3 is 2.15 bits per heavy atom. The summed E-state index contributed by atoms with van der Waals surface area (Å²) >= 11 is 24.2. The smallest absolute Gasteiger partial charge is 0.375 e. The molecule has 0 aliphatic carbocycles. The number of anilines is 1. The van der Waals surface area contributed by atoms with Crippen LogP contribution in [-0.2, 0) is 33.6 Å². The van der Waals surface area contributed by atoms with Crippen LogP contribution < -0.4 is 25.3 Å². The van der Waals surface area contributed by atoms with Gasteiger partial charge in [0, 0.05) is 22.4 Å². The van der Waals surface area contributed by atoms with Gasteiger partial charge in [-0.1, -0.05) is 17.4 Å². The van der Waals surface area contributed by atoms with Crippen LogP contribution in [0.5, 0.6) is 17.2 Å². The highest BCUT2D eigenvalue weighted by molar-refractivity contribution is 8.00. The Morgan fingerprint density at radius 2 is 1.58 bits per heavy atom. The fourth-order valence-corrected chi connectivity index (χ4v) is 8.00. The van der Waals surface area contributed by atoms with Crippen molar-refractivity contribution in [1.29, 1.82) is 0 Å². The van der Waals surface area contributed by atoms with E-state index in [4.69, 9.17) is 71.8 Å². The molecule has 6 rings (SSSR count). The number of carboxylic acids is 2. The van der Waals surface area contributed by atoms with Gasteiger partial charge >= 0.3 is 35.8 Å². The first-order chi connectivity index (χ1) is 29.4. The summed E-state index contributed by atoms with van der Waals surface area (Å²) in [6, 6.07) is 1.71. The van der Waals surface area contributed by atoms with Gasteiger partial charge in [-0.25, -0.2) is 24.4 Å². The fourth-order valence-electron chi connectivity index (χ4n) is 5.52. The summed E-state index contributed by atoms with van der Waals surface area (Å²) in [5, 5.41) is 29.9. The van der Waals surface area contributed by atoms with Crippen molar-refractivity contribution in [3.63, 3.8) is 0 Å². The zero-order valence-electron chi connectivity index (χ0n) is 30.7. The fraction of sp³-hybridized carbons (Fsp3) is 0.212. The summed E-state index contributed by atoms with van der Waals surface area (Å²) in [6.45, 7) is 1.57. The number of alkyl halides is 3. The number of fused-ring (bicyclic) bond motifs is 2. The third-order valence-corrected chi connectivity index (χ3v) is 11.1. The number of aromatic carboxylic acids is 1. The molecule has 62 heavy (non-hydrogen) atoms. The van der Waals surface area contributed by atoms with E-state index in [2.05, 4.69) is 30.5 Å². The standard InChI is InChI=1S/C33H22Cl3N9O14S3/c1-10-2-14(45-33(38-10)41-25(42-45)30(53)54)24(60)12-8-61-28-21(27(50)44(28)22(12)29(51)52)40-26(49)20(13-9-62-32(37)39-13)43-59-31(55)11-3-15(56-17(46)5-34)23(58-19(48)7-36)16(4-11)57-18(47)6-35/h2-4,9,21,28H,5-8H2,1H3,(H2,37,39)(H,40,49)(H,51,52)(H,53,54)/t21-,28-/m1/s1. The topological polar surface area (TPSA) is 324 Å². The average molecular weight is 971 g/mol. The number of aromatic nitrogens is 5. The molecule has 1 aromatic carbocycles. The van der Waals surface area contributed by atoms with Crippen LogP contribution in [0.1, 0.15) is 38.1 Å². The first-order valence-electron chi connectivity index (χ1n) is 16.7. The molecular weight excluding hydrogens is 949 g/mol. The SMILES string of the molecule is Cc1cc(C(=S)C2=C(C(=O)O)N3C(=O)[C@@H](NC(=O)C(=NOC(=O)c4cc(OC(=O)CCl)c(OC(=O)CCl)c(OC(=O)CCl)c4)c4csc(N)n4)[C@H]3SC2)n2nc(C(=O)O)nc2n1. The maximum absolute atomic E-state index is 13.8. The van der Waals surface area contributed by atoms with E-state index in [0.717, 1.165) is 44.6 Å². The number of hydrogen-bond acceptors (Lipinski definition) is 21. The summed E-state index contributed by atoms with van der Waals surface area (Å²) in [5.41, 5.74) is 4.21. The number of carbonyl (C=O) groups excluding carboxylic acids is 6. The highest BCUT2D eigenvalue weighted by atomic mass is 35.5. The molecule has 0 spiro atoms. The lowest BCUT2D eigenvalue weighted by atomic mass is 10.00. The lowest BCUT2D eigenvalue weighted by molar-refractivity contribution is -0.150. The predicted molar refractivity (Wildman–Crippen MR) is 218 cm³/mol. The van der Waals surface area contributed by atoms with Crippen molar-refractivity contribution >= 4 is 139 Å². The van der Waals surface area contributed by atoms with Crippen molar-refractivity contribution < 1.29 is 67.6 Å². The molecule has 0 saturated carbocycles. The number of nitrogens with zero attached hydrogens (tertiary/aromatic N) is 7. The number of esters is 3. The number of hydrogen-bond donors (Lipinski definition) is 4. The van der Waals surface area contributed by atoms with E-state index in [1.165, 1.54) is 11.4 Å². The second-order valence-electron chi connectivity index (χ2n) is 12.1. The van der Waals surface area contributed by atoms with E-state index >= 15 is 0 Å². The van der Waals surface area contributed by atoms with E-state index in [1.807, 2.05) is 0 Å². The summed E-state index contributed by atoms with van der Waals surface area (Å²) in [5.74, 6) is -14.7. The molecule has 1 fully saturated rings. The van der Waals surface area contributed by atoms with E-state index in [1.54, 1.807) is 6.92 Å². The number of β-lactam (4-membered cyclic amide) rings is 1. The molecule has 5 heterocycles. The number of carbonyl (C=O) groups is 8. The molecule has 2 aliphatic rings. The molecule has 0 unspecified atom stereocenters. The van der Waals surface area contributed by atoms with E-state index < -0.39 is 117 Å². The van der Waals surface area contributed by atoms with Gasteiger partial charge in [-0.15, -0.1) is 63.0 Å². The van der Waals surface area contributed by atoms with Gasteiger partial charge in [0.1, 0.15) is 40.4 Å². The minimum atomic E-state index is -1.55. The van der Waals surface area contributed by atoms with Crippen LogP contribution in [-0.4, -0.2) is 133 Å². The maximum Gasteiger partial charge on any atom is 0.375 e. The number of thioether (sulfide) groups is 1. The van der Waals surface area contributed by atoms with Crippen LogP contribution in [0.25, 0.3) is 5.78 Å². The maximum atomic E-state index is 13.8. The molecule has 0 radical (unpaired) electrons. The third-order valence-electron chi connectivity index (χ3n) is 8.04. The van der Waals surface area contributed by atoms with Crippen LogP contribution in [0.4, 0.5) is 5.13 Å². The minimum Gasteiger partial charge on any atom is -0.477 e. The third kappa shape index (κ3) is 9.28. The van der Waals surface area contributed by atoms with Crippen LogP contribution in [0, 0.1) is 6.92 Å². The number of rotatable bonds is 15. The predicted octanol–water partition coefficient (Wildman–Crippen LogP) is 1.32. The number of aryl methyl sites for hydroxylation is 1. The number of thiocarbonyl (C=S) groups is 1. The summed E-state index contributed by atoms with van der Waals surface area (Å²) in [7, 11) is 0. The molecule has 1 saturated heterocycles. The van der Waals surface area contributed by atoms with Crippen molar-refractivity contribution in [2.45, 2.75) is 18.3 Å². The zero-order chi connectivity index (χ0) is 45.2. The Bertz CT molecular complexity index is 2670. The number of ether oxygens (including phenoxy) is 3. The number of carboxylic acid groups (broad SMARTS) is 2. The van der Waals surface area contributed by atoms with Crippen molar-refractivity contribution in [3.05, 3.63) is 63.3 Å². The number of nitrogens with two attached hydrogens (primary N) is 1. The lowest BCUT2D eigenvalue weighted by Gasteiger charge is -2.49. The monoisotopic (exact) mass is 969 g/mol. The van der Waals surface area contributed by atoms with Crippen molar-refractivity contribution in [1.82, 2.24) is 34.8 Å². The quantitative estimate of drug-likeness (QED) is 0.0150. The van der Waals surface area contributed by atoms with Crippen molar-refractivity contribution in [3.8, 4) is 17.2 Å². The van der Waals surface area contributed by atoms with Crippen LogP contribution in [0.2, 0.25) is 0 Å². The highest BCUT2D eigenvalue weighted by Gasteiger charge is 2.55. The molecule has 5 N–H and O–H groups in total. The Balaban J connectivity index is 1.28. The van der Waals surface area contributed by atoms with Gasteiger partial charge in [-0.05, 0) is 25.1 Å². The first kappa shape index (κ1) is 45.2. The summed E-state index contributed by atoms with van der Waals surface area (Å²) in [4.78, 5) is 119. The van der Waals surface area contributed by atoms with Crippen LogP contribution in [0.3, 0.4) is 0 Å². The molecule has 322 valence electrons. The van der Waals surface area contributed by atoms with Crippen LogP contribution >= 0.6 is 70.1 Å². The zero-order valence-corrected chi connectivity index (χ0v) is 35.4. The van der Waals surface area contributed by atoms with E-state index in [9.17, 15) is 48.6 Å². The molecule has 3 aromatic heterocycles. The number of thiazole rings is 1. The van der Waals surface area contributed by atoms with E-state index in [-0.39, 0.29) is 38.5 Å². The Morgan fingerprint density at radius 1 is 0.952 bits per heavy atom. The van der Waals surface area contributed by atoms with Crippen molar-refractivity contribution in [2.75, 3.05) is 29.1 Å². The largest absolute Gasteiger partial charge is 0.477 e. The molecule has 0 bridgehead atoms. The Hall–Kier alpha value is -6.32. The Kier molecular flexibility index (Phi) is 13.7. The molecule has 2 atom stereocenters. The van der Waals surface area contributed by atoms with Gasteiger partial charge in [-0.3, -0.25) is 28.9 Å². The number of aliphatic carboxylic acids is 1. The van der Waals surface area contributed by atoms with Gasteiger partial charge in [0.15, 0.2) is 22.3 Å². The number of nitrogen functional groups attached to an aromatic ring is 1. The number of benzene rings is 1. The number of amides is 2. The number of oxime groups is 1. The van der Waals surface area contributed by atoms with E-state index in [0.29, 0.717) is 5.69 Å². The second-order valence-corrected chi connectivity index (χ2v) is 15.3. The molecule has 29 heteroatoms. The first-order valence-corrected chi connectivity index (χ1v) is 20.6. The average Bonchev–Trinajstić information content (AvgIpc) is 3.88. The van der Waals surface area contributed by atoms with Gasteiger partial charge in [0.25, 0.3) is 23.4 Å². The normalized spacial score (nSPS) is 15.9. The van der Waals surface area contributed by atoms with Gasteiger partial charge in [0.2, 0.25) is 5.75 Å². The molecule has 4 aromatic rings. The van der Waals surface area contributed by atoms with Crippen LogP contribution in [0.15, 0.2) is 40.0 Å². The highest BCUT2D eigenvalue weighted by Crippen LogP contribution is 2.42.